The molecule has 1 aromatic carbocycles. The van der Waals surface area contributed by atoms with Crippen molar-refractivity contribution in [3.63, 3.8) is 0 Å². The van der Waals surface area contributed by atoms with Crippen LogP contribution in [0.4, 0.5) is 10.5 Å². The van der Waals surface area contributed by atoms with Crippen LogP contribution >= 0.6 is 0 Å². The first kappa shape index (κ1) is 19.9. The second-order valence-electron chi connectivity index (χ2n) is 7.73. The zero-order valence-corrected chi connectivity index (χ0v) is 16.8. The van der Waals surface area contributed by atoms with E-state index >= 15 is 0 Å². The molecule has 1 saturated carbocycles. The Morgan fingerprint density at radius 1 is 1.37 bits per heavy atom. The summed E-state index contributed by atoms with van der Waals surface area (Å²) in [6, 6.07) is 4.17. The summed E-state index contributed by atoms with van der Waals surface area (Å²) in [6.07, 6.45) is 1.89. The SMILES string of the molecule is CCN1C(=O)N[C@H](c2cccc([N+](=O)[O-])c2)C2=C1CN([C@H](C)C(=O)NC1CC1)C2=O. The number of nitro groups is 1. The van der Waals surface area contributed by atoms with Crippen molar-refractivity contribution in [2.45, 2.75) is 44.8 Å². The maximum atomic E-state index is 13.3. The number of amides is 4. The molecular weight excluding hydrogens is 390 g/mol. The Balaban J connectivity index is 1.68. The van der Waals surface area contributed by atoms with Gasteiger partial charge in [0.05, 0.1) is 28.8 Å². The van der Waals surface area contributed by atoms with Crippen molar-refractivity contribution in [3.05, 3.63) is 51.2 Å². The fraction of sp³-hybridized carbons (Fsp3) is 0.450. The van der Waals surface area contributed by atoms with Crippen molar-refractivity contribution >= 4 is 23.5 Å². The average Bonchev–Trinajstić information content (AvgIpc) is 3.48. The van der Waals surface area contributed by atoms with Gasteiger partial charge in [-0.15, -0.1) is 0 Å². The lowest BCUT2D eigenvalue weighted by Gasteiger charge is -2.32. The standard InChI is InChI=1S/C20H23N5O5/c1-3-23-15-10-24(11(2)18(26)21-13-7-8-13)19(27)16(15)17(22-20(23)28)12-5-4-6-14(9-12)25(29)30/h4-6,9,11,13,17H,3,7-8,10H2,1-2H3,(H,21,26)(H,22,28)/t11-,17-/m1/s1. The number of carbonyl (C=O) groups is 3. The molecule has 1 fully saturated rings. The predicted octanol–water partition coefficient (Wildman–Crippen LogP) is 1.44. The van der Waals surface area contributed by atoms with Crippen LogP contribution in [0.25, 0.3) is 0 Å². The van der Waals surface area contributed by atoms with E-state index in [0.29, 0.717) is 23.4 Å². The van der Waals surface area contributed by atoms with Crippen molar-refractivity contribution in [2.24, 2.45) is 0 Å². The average molecular weight is 413 g/mol. The molecule has 10 heteroatoms. The van der Waals surface area contributed by atoms with Crippen LogP contribution in [0.5, 0.6) is 0 Å². The monoisotopic (exact) mass is 413 g/mol. The number of hydrogen-bond acceptors (Lipinski definition) is 5. The van der Waals surface area contributed by atoms with Crippen LogP contribution in [0.3, 0.4) is 0 Å². The summed E-state index contributed by atoms with van der Waals surface area (Å²) in [5.74, 6) is -0.571. The van der Waals surface area contributed by atoms with E-state index in [-0.39, 0.29) is 36.1 Å². The Labute approximate surface area is 173 Å². The topological polar surface area (TPSA) is 125 Å². The van der Waals surface area contributed by atoms with Gasteiger partial charge in [0.15, 0.2) is 0 Å². The van der Waals surface area contributed by atoms with E-state index in [1.165, 1.54) is 28.0 Å². The van der Waals surface area contributed by atoms with E-state index in [2.05, 4.69) is 10.6 Å². The van der Waals surface area contributed by atoms with Gasteiger partial charge in [-0.05, 0) is 32.3 Å². The van der Waals surface area contributed by atoms with Crippen LogP contribution in [-0.4, -0.2) is 57.7 Å². The van der Waals surface area contributed by atoms with Gasteiger partial charge >= 0.3 is 6.03 Å². The van der Waals surface area contributed by atoms with Crippen LogP contribution in [0, 0.1) is 10.1 Å². The lowest BCUT2D eigenvalue weighted by atomic mass is 9.95. The number of non-ortho nitro benzene ring substituents is 1. The van der Waals surface area contributed by atoms with Crippen molar-refractivity contribution in [3.8, 4) is 0 Å². The lowest BCUT2D eigenvalue weighted by Crippen LogP contribution is -2.47. The molecule has 0 bridgehead atoms. The second-order valence-corrected chi connectivity index (χ2v) is 7.73. The van der Waals surface area contributed by atoms with E-state index in [9.17, 15) is 24.5 Å². The number of nitrogens with zero attached hydrogens (tertiary/aromatic N) is 3. The Morgan fingerprint density at radius 3 is 2.73 bits per heavy atom. The number of carbonyl (C=O) groups excluding carboxylic acids is 3. The molecule has 2 aliphatic heterocycles. The molecule has 1 aliphatic carbocycles. The molecule has 0 aromatic heterocycles. The lowest BCUT2D eigenvalue weighted by molar-refractivity contribution is -0.384. The summed E-state index contributed by atoms with van der Waals surface area (Å²) in [7, 11) is 0. The van der Waals surface area contributed by atoms with Crippen LogP contribution in [0.2, 0.25) is 0 Å². The third-order valence-electron chi connectivity index (χ3n) is 5.75. The molecule has 0 spiro atoms. The molecular formula is C20H23N5O5. The summed E-state index contributed by atoms with van der Waals surface area (Å²) >= 11 is 0. The number of benzene rings is 1. The smallest absolute Gasteiger partial charge is 0.322 e. The molecule has 30 heavy (non-hydrogen) atoms. The maximum Gasteiger partial charge on any atom is 0.322 e. The van der Waals surface area contributed by atoms with Gasteiger partial charge in [0.1, 0.15) is 6.04 Å². The highest BCUT2D eigenvalue weighted by molar-refractivity contribution is 6.03. The molecule has 0 radical (unpaired) electrons. The summed E-state index contributed by atoms with van der Waals surface area (Å²) < 4.78 is 0. The largest absolute Gasteiger partial charge is 0.352 e. The van der Waals surface area contributed by atoms with Crippen molar-refractivity contribution in [1.29, 1.82) is 0 Å². The van der Waals surface area contributed by atoms with Gasteiger partial charge in [0, 0.05) is 24.7 Å². The molecule has 1 aromatic rings. The maximum absolute atomic E-state index is 13.3. The van der Waals surface area contributed by atoms with Gasteiger partial charge in [0.25, 0.3) is 11.6 Å². The number of urea groups is 1. The number of hydrogen-bond donors (Lipinski definition) is 2. The number of nitrogens with one attached hydrogen (secondary N) is 2. The Kier molecular flexibility index (Phi) is 4.92. The summed E-state index contributed by atoms with van der Waals surface area (Å²) in [6.45, 7) is 3.96. The summed E-state index contributed by atoms with van der Waals surface area (Å²) in [5.41, 5.74) is 1.21. The molecule has 10 nitrogen and oxygen atoms in total. The second kappa shape index (κ2) is 7.43. The van der Waals surface area contributed by atoms with Crippen molar-refractivity contribution in [2.75, 3.05) is 13.1 Å². The van der Waals surface area contributed by atoms with E-state index in [1.54, 1.807) is 19.9 Å². The first-order valence-electron chi connectivity index (χ1n) is 9.98. The van der Waals surface area contributed by atoms with Crippen molar-refractivity contribution < 1.29 is 19.3 Å². The number of rotatable bonds is 6. The first-order chi connectivity index (χ1) is 14.3. The normalized spacial score (nSPS) is 22.0. The Bertz CT molecular complexity index is 970. The summed E-state index contributed by atoms with van der Waals surface area (Å²) in [4.78, 5) is 52.1. The van der Waals surface area contributed by atoms with Gasteiger partial charge < -0.3 is 15.5 Å². The molecule has 2 N–H and O–H groups in total. The third kappa shape index (κ3) is 3.38. The number of nitro benzene ring substituents is 1. The van der Waals surface area contributed by atoms with Gasteiger partial charge in [-0.1, -0.05) is 12.1 Å². The minimum absolute atomic E-state index is 0.124. The summed E-state index contributed by atoms with van der Waals surface area (Å²) in [5, 5.41) is 16.9. The fourth-order valence-corrected chi connectivity index (χ4v) is 3.92. The highest BCUT2D eigenvalue weighted by Crippen LogP contribution is 2.37. The Hall–Kier alpha value is -3.43. The molecule has 4 amide bonds. The Morgan fingerprint density at radius 2 is 2.10 bits per heavy atom. The molecule has 2 heterocycles. The van der Waals surface area contributed by atoms with Gasteiger partial charge in [-0.2, -0.15) is 0 Å². The minimum Gasteiger partial charge on any atom is -0.352 e. The van der Waals surface area contributed by atoms with E-state index < -0.39 is 17.0 Å². The minimum atomic E-state index is -0.814. The quantitative estimate of drug-likeness (QED) is 0.539. The van der Waals surface area contributed by atoms with E-state index in [1.807, 2.05) is 0 Å². The van der Waals surface area contributed by atoms with Crippen molar-refractivity contribution in [1.82, 2.24) is 20.4 Å². The zero-order chi connectivity index (χ0) is 21.6. The van der Waals surface area contributed by atoms with Gasteiger partial charge in [-0.3, -0.25) is 24.6 Å². The molecule has 3 aliphatic rings. The molecule has 0 unspecified atom stereocenters. The first-order valence-corrected chi connectivity index (χ1v) is 9.98. The van der Waals surface area contributed by atoms with E-state index in [4.69, 9.17) is 0 Å². The van der Waals surface area contributed by atoms with Crippen LogP contribution in [-0.2, 0) is 9.59 Å². The van der Waals surface area contributed by atoms with E-state index in [0.717, 1.165) is 12.8 Å². The molecule has 0 saturated heterocycles. The highest BCUT2D eigenvalue weighted by Gasteiger charge is 2.46. The third-order valence-corrected chi connectivity index (χ3v) is 5.75. The molecule has 4 rings (SSSR count). The zero-order valence-electron chi connectivity index (χ0n) is 16.8. The van der Waals surface area contributed by atoms with Gasteiger partial charge in [0.2, 0.25) is 5.91 Å². The number of likely N-dealkylation sites (N-methyl/N-ethyl adjacent to an activating group) is 1. The fourth-order valence-electron chi connectivity index (χ4n) is 3.92. The van der Waals surface area contributed by atoms with Crippen LogP contribution in [0.15, 0.2) is 35.5 Å². The van der Waals surface area contributed by atoms with Gasteiger partial charge in [-0.25, -0.2) is 4.79 Å². The van der Waals surface area contributed by atoms with Crippen LogP contribution in [0.1, 0.15) is 38.3 Å². The molecule has 158 valence electrons. The predicted molar refractivity (Wildman–Crippen MR) is 106 cm³/mol. The van der Waals surface area contributed by atoms with Crippen LogP contribution < -0.4 is 10.6 Å². The highest BCUT2D eigenvalue weighted by atomic mass is 16.6. The molecule has 2 atom stereocenters.